The number of carboxylic acids is 1. The molecule has 5 nitrogen and oxygen atoms in total. The third-order valence-corrected chi connectivity index (χ3v) is 3.32. The molecule has 0 saturated carbocycles. The molecule has 110 valence electrons. The van der Waals surface area contributed by atoms with E-state index in [1.54, 1.807) is 18.3 Å². The maximum absolute atomic E-state index is 12.4. The van der Waals surface area contributed by atoms with Gasteiger partial charge >= 0.3 is 5.97 Å². The summed E-state index contributed by atoms with van der Waals surface area (Å²) in [5.41, 5.74) is 0.651. The summed E-state index contributed by atoms with van der Waals surface area (Å²) in [6.07, 6.45) is 4.51. The predicted molar refractivity (Wildman–Crippen MR) is 80.4 cm³/mol. The molecule has 2 heterocycles. The van der Waals surface area contributed by atoms with E-state index in [1.165, 1.54) is 10.6 Å². The second-order valence-corrected chi connectivity index (χ2v) is 4.82. The number of hydrogen-bond donors (Lipinski definition) is 1. The summed E-state index contributed by atoms with van der Waals surface area (Å²) in [6.45, 7) is 2.58. The lowest BCUT2D eigenvalue weighted by molar-refractivity contribution is 0.0694. The largest absolute Gasteiger partial charge is 0.477 e. The number of carbonyl (C=O) groups is 1. The van der Waals surface area contributed by atoms with Crippen LogP contribution in [0.3, 0.4) is 0 Å². The van der Waals surface area contributed by atoms with E-state index >= 15 is 0 Å². The topological polar surface area (TPSA) is 72.2 Å². The summed E-state index contributed by atoms with van der Waals surface area (Å²) in [5, 5.41) is 9.09. The number of aromatic nitrogens is 2. The van der Waals surface area contributed by atoms with Gasteiger partial charge in [-0.1, -0.05) is 25.8 Å². The standard InChI is InChI=1S/C16H18N2O3/c1-2-3-6-11-18-14(13-7-4-5-10-17-13)9-8-12(15(18)19)16(20)21/h4-5,7-10H,2-3,6,11H2,1H3,(H,20,21). The molecule has 5 heteroatoms. The Hall–Kier alpha value is -2.43. The Morgan fingerprint density at radius 2 is 2.05 bits per heavy atom. The first kappa shape index (κ1) is 15.0. The molecule has 2 rings (SSSR count). The van der Waals surface area contributed by atoms with E-state index in [2.05, 4.69) is 11.9 Å². The summed E-state index contributed by atoms with van der Waals surface area (Å²) in [7, 11) is 0. The van der Waals surface area contributed by atoms with Crippen LogP contribution in [-0.2, 0) is 6.54 Å². The van der Waals surface area contributed by atoms with Gasteiger partial charge in [0.25, 0.3) is 5.56 Å². The van der Waals surface area contributed by atoms with Gasteiger partial charge in [-0.15, -0.1) is 0 Å². The minimum Gasteiger partial charge on any atom is -0.477 e. The van der Waals surface area contributed by atoms with Crippen LogP contribution in [0.25, 0.3) is 11.4 Å². The normalized spacial score (nSPS) is 10.5. The van der Waals surface area contributed by atoms with Gasteiger partial charge in [-0.3, -0.25) is 9.78 Å². The fourth-order valence-electron chi connectivity index (χ4n) is 2.22. The summed E-state index contributed by atoms with van der Waals surface area (Å²) in [6, 6.07) is 8.46. The first-order chi connectivity index (χ1) is 10.1. The average molecular weight is 286 g/mol. The highest BCUT2D eigenvalue weighted by Crippen LogP contribution is 2.16. The van der Waals surface area contributed by atoms with Crippen molar-refractivity contribution in [3.63, 3.8) is 0 Å². The number of pyridine rings is 2. The van der Waals surface area contributed by atoms with Crippen molar-refractivity contribution in [3.8, 4) is 11.4 Å². The fourth-order valence-corrected chi connectivity index (χ4v) is 2.22. The molecule has 21 heavy (non-hydrogen) atoms. The summed E-state index contributed by atoms with van der Waals surface area (Å²) < 4.78 is 1.52. The lowest BCUT2D eigenvalue weighted by Gasteiger charge is -2.13. The number of nitrogens with zero attached hydrogens (tertiary/aromatic N) is 2. The number of carboxylic acid groups (broad SMARTS) is 1. The molecule has 0 saturated heterocycles. The van der Waals surface area contributed by atoms with Crippen molar-refractivity contribution in [2.24, 2.45) is 0 Å². The van der Waals surface area contributed by atoms with Crippen molar-refractivity contribution >= 4 is 5.97 Å². The lowest BCUT2D eigenvalue weighted by atomic mass is 10.1. The molecule has 2 aromatic rings. The number of rotatable bonds is 6. The zero-order valence-corrected chi connectivity index (χ0v) is 12.0. The van der Waals surface area contributed by atoms with Gasteiger partial charge in [0.05, 0.1) is 11.4 Å². The second kappa shape index (κ2) is 6.83. The Balaban J connectivity index is 2.51. The maximum atomic E-state index is 12.4. The second-order valence-electron chi connectivity index (χ2n) is 4.82. The minimum absolute atomic E-state index is 0.203. The average Bonchev–Trinajstić information content (AvgIpc) is 2.49. The van der Waals surface area contributed by atoms with Crippen molar-refractivity contribution in [1.82, 2.24) is 9.55 Å². The molecular formula is C16H18N2O3. The molecule has 0 bridgehead atoms. The Morgan fingerprint density at radius 1 is 1.24 bits per heavy atom. The van der Waals surface area contributed by atoms with Crippen LogP contribution in [0.5, 0.6) is 0 Å². The highest BCUT2D eigenvalue weighted by atomic mass is 16.4. The zero-order chi connectivity index (χ0) is 15.2. The van der Waals surface area contributed by atoms with Crippen LogP contribution >= 0.6 is 0 Å². The first-order valence-corrected chi connectivity index (χ1v) is 7.03. The maximum Gasteiger partial charge on any atom is 0.341 e. The van der Waals surface area contributed by atoms with Crippen molar-refractivity contribution in [2.45, 2.75) is 32.7 Å². The fraction of sp³-hybridized carbons (Fsp3) is 0.312. The van der Waals surface area contributed by atoms with E-state index < -0.39 is 11.5 Å². The molecular weight excluding hydrogens is 268 g/mol. The first-order valence-electron chi connectivity index (χ1n) is 7.03. The molecule has 1 N–H and O–H groups in total. The van der Waals surface area contributed by atoms with E-state index in [-0.39, 0.29) is 5.56 Å². The monoisotopic (exact) mass is 286 g/mol. The van der Waals surface area contributed by atoms with Gasteiger partial charge in [0.2, 0.25) is 0 Å². The van der Waals surface area contributed by atoms with Gasteiger partial charge in [-0.25, -0.2) is 4.79 Å². The molecule has 0 atom stereocenters. The van der Waals surface area contributed by atoms with Crippen LogP contribution < -0.4 is 5.56 Å². The Kier molecular flexibility index (Phi) is 4.87. The summed E-state index contributed by atoms with van der Waals surface area (Å²) >= 11 is 0. The van der Waals surface area contributed by atoms with Gasteiger partial charge in [0.15, 0.2) is 0 Å². The minimum atomic E-state index is -1.20. The molecule has 0 amide bonds. The molecule has 2 aromatic heterocycles. The van der Waals surface area contributed by atoms with Gasteiger partial charge in [-0.2, -0.15) is 0 Å². The van der Waals surface area contributed by atoms with E-state index in [1.807, 2.05) is 12.1 Å². The predicted octanol–water partition coefficient (Wildman–Crippen LogP) is 2.80. The SMILES string of the molecule is CCCCCn1c(-c2ccccn2)ccc(C(=O)O)c1=O. The zero-order valence-electron chi connectivity index (χ0n) is 12.0. The molecule has 0 spiro atoms. The number of hydrogen-bond acceptors (Lipinski definition) is 3. The Labute approximate surface area is 122 Å². The smallest absolute Gasteiger partial charge is 0.341 e. The van der Waals surface area contributed by atoms with Crippen LogP contribution in [0.1, 0.15) is 36.5 Å². The van der Waals surface area contributed by atoms with Gasteiger partial charge < -0.3 is 9.67 Å². The van der Waals surface area contributed by atoms with Gasteiger partial charge in [-0.05, 0) is 30.7 Å². The van der Waals surface area contributed by atoms with Crippen LogP contribution in [0.2, 0.25) is 0 Å². The van der Waals surface area contributed by atoms with Crippen LogP contribution in [0.4, 0.5) is 0 Å². The highest BCUT2D eigenvalue weighted by molar-refractivity contribution is 5.87. The number of aromatic carboxylic acids is 1. The Bertz CT molecular complexity index is 678. The van der Waals surface area contributed by atoms with E-state index in [0.29, 0.717) is 17.9 Å². The molecule has 0 aromatic carbocycles. The third-order valence-electron chi connectivity index (χ3n) is 3.32. The highest BCUT2D eigenvalue weighted by Gasteiger charge is 2.15. The number of unbranched alkanes of at least 4 members (excludes halogenated alkanes) is 2. The van der Waals surface area contributed by atoms with Crippen molar-refractivity contribution in [3.05, 3.63) is 52.4 Å². The van der Waals surface area contributed by atoms with Crippen LogP contribution in [0, 0.1) is 0 Å². The quantitative estimate of drug-likeness (QED) is 0.829. The van der Waals surface area contributed by atoms with E-state index in [0.717, 1.165) is 19.3 Å². The summed E-state index contributed by atoms with van der Waals surface area (Å²) in [4.78, 5) is 27.7. The van der Waals surface area contributed by atoms with Crippen molar-refractivity contribution in [1.29, 1.82) is 0 Å². The van der Waals surface area contributed by atoms with Gasteiger partial charge in [0, 0.05) is 12.7 Å². The molecule has 0 radical (unpaired) electrons. The third kappa shape index (κ3) is 3.37. The lowest BCUT2D eigenvalue weighted by Crippen LogP contribution is -2.27. The molecule has 0 fully saturated rings. The molecule has 0 aliphatic rings. The van der Waals surface area contributed by atoms with E-state index in [9.17, 15) is 9.59 Å². The molecule has 0 aliphatic carbocycles. The molecule has 0 aliphatic heterocycles. The van der Waals surface area contributed by atoms with E-state index in [4.69, 9.17) is 5.11 Å². The van der Waals surface area contributed by atoms with Crippen molar-refractivity contribution < 1.29 is 9.90 Å². The van der Waals surface area contributed by atoms with Crippen molar-refractivity contribution in [2.75, 3.05) is 0 Å². The summed E-state index contributed by atoms with van der Waals surface area (Å²) in [5.74, 6) is -1.20. The van der Waals surface area contributed by atoms with Crippen LogP contribution in [0.15, 0.2) is 41.3 Å². The Morgan fingerprint density at radius 3 is 2.67 bits per heavy atom. The molecule has 0 unspecified atom stereocenters. The van der Waals surface area contributed by atoms with Gasteiger partial charge in [0.1, 0.15) is 5.56 Å². The van der Waals surface area contributed by atoms with Crippen LogP contribution in [-0.4, -0.2) is 20.6 Å².